The SMILES string of the molecule is CC(C)(C)c1cccc(OCCc2ccccn2)c1. The van der Waals surface area contributed by atoms with Crippen LogP contribution in [0.2, 0.25) is 0 Å². The van der Waals surface area contributed by atoms with E-state index in [1.807, 2.05) is 30.5 Å². The largest absolute Gasteiger partial charge is 0.493 e. The Morgan fingerprint density at radius 3 is 2.58 bits per heavy atom. The predicted octanol–water partition coefficient (Wildman–Crippen LogP) is 4.00. The molecule has 2 rings (SSSR count). The minimum absolute atomic E-state index is 0.153. The number of aromatic nitrogens is 1. The van der Waals surface area contributed by atoms with Gasteiger partial charge in [0.25, 0.3) is 0 Å². The molecule has 0 aliphatic heterocycles. The maximum Gasteiger partial charge on any atom is 0.119 e. The van der Waals surface area contributed by atoms with Gasteiger partial charge in [-0.25, -0.2) is 0 Å². The molecule has 100 valence electrons. The predicted molar refractivity (Wildman–Crippen MR) is 78.6 cm³/mol. The van der Waals surface area contributed by atoms with Gasteiger partial charge in [-0.1, -0.05) is 39.0 Å². The van der Waals surface area contributed by atoms with Crippen LogP contribution in [-0.2, 0) is 11.8 Å². The quantitative estimate of drug-likeness (QED) is 0.823. The van der Waals surface area contributed by atoms with Gasteiger partial charge in [-0.3, -0.25) is 4.98 Å². The molecule has 0 atom stereocenters. The van der Waals surface area contributed by atoms with E-state index >= 15 is 0 Å². The number of hydrogen-bond donors (Lipinski definition) is 0. The second-order valence-corrected chi connectivity index (χ2v) is 5.70. The number of pyridine rings is 1. The Labute approximate surface area is 115 Å². The molecule has 0 amide bonds. The van der Waals surface area contributed by atoms with Gasteiger partial charge >= 0.3 is 0 Å². The molecule has 1 aromatic carbocycles. The van der Waals surface area contributed by atoms with Crippen LogP contribution in [0.4, 0.5) is 0 Å². The summed E-state index contributed by atoms with van der Waals surface area (Å²) in [5, 5.41) is 0. The van der Waals surface area contributed by atoms with Crippen LogP contribution in [0.3, 0.4) is 0 Å². The van der Waals surface area contributed by atoms with Crippen molar-refractivity contribution in [3.63, 3.8) is 0 Å². The van der Waals surface area contributed by atoms with Crippen LogP contribution in [0.1, 0.15) is 32.0 Å². The average molecular weight is 255 g/mol. The van der Waals surface area contributed by atoms with Gasteiger partial charge in [0.05, 0.1) is 6.61 Å². The number of benzene rings is 1. The van der Waals surface area contributed by atoms with E-state index in [0.717, 1.165) is 17.9 Å². The molecule has 0 aliphatic carbocycles. The van der Waals surface area contributed by atoms with Gasteiger partial charge in [-0.2, -0.15) is 0 Å². The molecule has 2 heteroatoms. The van der Waals surface area contributed by atoms with Crippen molar-refractivity contribution in [3.05, 3.63) is 59.9 Å². The molecule has 0 N–H and O–H groups in total. The van der Waals surface area contributed by atoms with Crippen LogP contribution < -0.4 is 4.74 Å². The first kappa shape index (κ1) is 13.6. The van der Waals surface area contributed by atoms with Crippen molar-refractivity contribution in [2.45, 2.75) is 32.6 Å². The third-order valence-electron chi connectivity index (χ3n) is 3.05. The van der Waals surface area contributed by atoms with Crippen LogP contribution in [-0.4, -0.2) is 11.6 Å². The van der Waals surface area contributed by atoms with Gasteiger partial charge < -0.3 is 4.74 Å². The first-order valence-corrected chi connectivity index (χ1v) is 6.69. The molecule has 0 bridgehead atoms. The fourth-order valence-electron chi connectivity index (χ4n) is 1.87. The minimum Gasteiger partial charge on any atom is -0.493 e. The highest BCUT2D eigenvalue weighted by Crippen LogP contribution is 2.25. The maximum absolute atomic E-state index is 5.81. The smallest absolute Gasteiger partial charge is 0.119 e. The second-order valence-electron chi connectivity index (χ2n) is 5.70. The van der Waals surface area contributed by atoms with Gasteiger partial charge in [-0.15, -0.1) is 0 Å². The number of nitrogens with zero attached hydrogens (tertiary/aromatic N) is 1. The lowest BCUT2D eigenvalue weighted by molar-refractivity contribution is 0.319. The highest BCUT2D eigenvalue weighted by atomic mass is 16.5. The molecule has 0 radical (unpaired) electrons. The summed E-state index contributed by atoms with van der Waals surface area (Å²) in [6, 6.07) is 14.3. The summed E-state index contributed by atoms with van der Waals surface area (Å²) >= 11 is 0. The zero-order valence-electron chi connectivity index (χ0n) is 11.9. The Morgan fingerprint density at radius 1 is 1.05 bits per heavy atom. The number of hydrogen-bond acceptors (Lipinski definition) is 2. The molecule has 0 fully saturated rings. The van der Waals surface area contributed by atoms with Gasteiger partial charge in [0.2, 0.25) is 0 Å². The Hall–Kier alpha value is -1.83. The Morgan fingerprint density at radius 2 is 1.89 bits per heavy atom. The maximum atomic E-state index is 5.81. The van der Waals surface area contributed by atoms with Gasteiger partial charge in [-0.05, 0) is 35.2 Å². The zero-order valence-corrected chi connectivity index (χ0v) is 11.9. The molecular formula is C17H21NO. The van der Waals surface area contributed by atoms with Crippen molar-refractivity contribution in [1.82, 2.24) is 4.98 Å². The normalized spacial score (nSPS) is 11.3. The van der Waals surface area contributed by atoms with Crippen LogP contribution in [0, 0.1) is 0 Å². The minimum atomic E-state index is 0.153. The summed E-state index contributed by atoms with van der Waals surface area (Å²) in [4.78, 5) is 4.29. The topological polar surface area (TPSA) is 22.1 Å². The molecule has 19 heavy (non-hydrogen) atoms. The van der Waals surface area contributed by atoms with Crippen molar-refractivity contribution in [1.29, 1.82) is 0 Å². The first-order chi connectivity index (χ1) is 9.05. The molecule has 2 aromatic rings. The van der Waals surface area contributed by atoms with Crippen LogP contribution in [0.15, 0.2) is 48.7 Å². The number of ether oxygens (including phenoxy) is 1. The summed E-state index contributed by atoms with van der Waals surface area (Å²) in [5.41, 5.74) is 2.51. The fourth-order valence-corrected chi connectivity index (χ4v) is 1.87. The third kappa shape index (κ3) is 4.09. The average Bonchev–Trinajstić information content (AvgIpc) is 2.39. The zero-order chi connectivity index (χ0) is 13.7. The third-order valence-corrected chi connectivity index (χ3v) is 3.05. The summed E-state index contributed by atoms with van der Waals surface area (Å²) in [6.07, 6.45) is 2.65. The second kappa shape index (κ2) is 5.87. The van der Waals surface area contributed by atoms with Gasteiger partial charge in [0, 0.05) is 18.3 Å². The van der Waals surface area contributed by atoms with Crippen LogP contribution >= 0.6 is 0 Å². The lowest BCUT2D eigenvalue weighted by atomic mass is 9.87. The van der Waals surface area contributed by atoms with Crippen molar-refractivity contribution >= 4 is 0 Å². The van der Waals surface area contributed by atoms with Gasteiger partial charge in [0.1, 0.15) is 5.75 Å². The van der Waals surface area contributed by atoms with Crippen molar-refractivity contribution in [2.75, 3.05) is 6.61 Å². The van der Waals surface area contributed by atoms with E-state index in [9.17, 15) is 0 Å². The molecule has 0 saturated carbocycles. The molecule has 0 unspecified atom stereocenters. The highest BCUT2D eigenvalue weighted by Gasteiger charge is 2.13. The summed E-state index contributed by atoms with van der Waals surface area (Å²) in [5.74, 6) is 0.934. The first-order valence-electron chi connectivity index (χ1n) is 6.69. The van der Waals surface area contributed by atoms with E-state index in [4.69, 9.17) is 4.74 Å². The molecule has 2 nitrogen and oxygen atoms in total. The lowest BCUT2D eigenvalue weighted by Crippen LogP contribution is -2.11. The van der Waals surface area contributed by atoms with E-state index in [-0.39, 0.29) is 5.41 Å². The monoisotopic (exact) mass is 255 g/mol. The molecule has 0 aliphatic rings. The molecular weight excluding hydrogens is 234 g/mol. The van der Waals surface area contributed by atoms with Crippen molar-refractivity contribution < 1.29 is 4.74 Å². The Kier molecular flexibility index (Phi) is 4.20. The Balaban J connectivity index is 1.93. The molecule has 1 heterocycles. The Bertz CT molecular complexity index is 514. The van der Waals surface area contributed by atoms with E-state index < -0.39 is 0 Å². The summed E-state index contributed by atoms with van der Waals surface area (Å²) in [7, 11) is 0. The van der Waals surface area contributed by atoms with E-state index in [0.29, 0.717) is 6.61 Å². The summed E-state index contributed by atoms with van der Waals surface area (Å²) in [6.45, 7) is 7.28. The van der Waals surface area contributed by atoms with Crippen molar-refractivity contribution in [3.8, 4) is 5.75 Å². The highest BCUT2D eigenvalue weighted by molar-refractivity contribution is 5.32. The molecule has 1 aromatic heterocycles. The molecule has 0 spiro atoms. The number of rotatable bonds is 4. The van der Waals surface area contributed by atoms with E-state index in [1.165, 1.54) is 5.56 Å². The van der Waals surface area contributed by atoms with Crippen LogP contribution in [0.5, 0.6) is 5.75 Å². The fraction of sp³-hybridized carbons (Fsp3) is 0.353. The van der Waals surface area contributed by atoms with Crippen molar-refractivity contribution in [2.24, 2.45) is 0 Å². The summed E-state index contributed by atoms with van der Waals surface area (Å²) < 4.78 is 5.81. The van der Waals surface area contributed by atoms with Crippen LogP contribution in [0.25, 0.3) is 0 Å². The lowest BCUT2D eigenvalue weighted by Gasteiger charge is -2.19. The molecule has 0 saturated heterocycles. The van der Waals surface area contributed by atoms with Gasteiger partial charge in [0.15, 0.2) is 0 Å². The van der Waals surface area contributed by atoms with E-state index in [2.05, 4.69) is 44.0 Å². The standard InChI is InChI=1S/C17H21NO/c1-17(2,3)14-7-6-9-16(13-14)19-12-10-15-8-4-5-11-18-15/h4-9,11,13H,10,12H2,1-3H3. The van der Waals surface area contributed by atoms with E-state index in [1.54, 1.807) is 0 Å².